The zero-order valence-corrected chi connectivity index (χ0v) is 23.6. The molecular formula is C33H40N6O. The lowest BCUT2D eigenvalue weighted by atomic mass is 9.97. The Labute approximate surface area is 236 Å². The lowest BCUT2D eigenvalue weighted by Crippen LogP contribution is -2.44. The Morgan fingerprint density at radius 3 is 2.42 bits per heavy atom. The first-order valence-corrected chi connectivity index (χ1v) is 14.5. The van der Waals surface area contributed by atoms with E-state index in [4.69, 9.17) is 16.1 Å². The maximum absolute atomic E-state index is 13.9. The number of likely N-dealkylation sites (tertiary alicyclic amines) is 1. The summed E-state index contributed by atoms with van der Waals surface area (Å²) in [5.74, 6) is -0.0306. The van der Waals surface area contributed by atoms with Crippen LogP contribution < -0.4 is 16.6 Å². The normalized spacial score (nSPS) is 17.6. The van der Waals surface area contributed by atoms with Crippen LogP contribution in [-0.2, 0) is 6.54 Å². The minimum atomic E-state index is -0.122. The molecule has 0 radical (unpaired) electrons. The summed E-state index contributed by atoms with van der Waals surface area (Å²) in [6.45, 7) is 6.43. The molecule has 4 aromatic rings. The number of para-hydroxylation sites is 1. The molecule has 0 saturated carbocycles. The van der Waals surface area contributed by atoms with Gasteiger partial charge in [0.1, 0.15) is 11.5 Å². The first kappa shape index (κ1) is 27.6. The highest BCUT2D eigenvalue weighted by molar-refractivity contribution is 5.96. The maximum atomic E-state index is 13.9. The van der Waals surface area contributed by atoms with Crippen molar-refractivity contribution < 1.29 is 0 Å². The van der Waals surface area contributed by atoms with Gasteiger partial charge >= 0.3 is 0 Å². The molecule has 3 aromatic carbocycles. The molecular weight excluding hydrogens is 496 g/mol. The summed E-state index contributed by atoms with van der Waals surface area (Å²) in [5.41, 5.74) is 10.7. The average molecular weight is 537 g/mol. The minimum absolute atomic E-state index is 0.0306. The molecule has 2 atom stereocenters. The van der Waals surface area contributed by atoms with Crippen LogP contribution in [0.2, 0.25) is 0 Å². The molecule has 7 heteroatoms. The molecule has 0 amide bonds. The molecule has 1 aliphatic heterocycles. The summed E-state index contributed by atoms with van der Waals surface area (Å²) in [6.07, 6.45) is 7.00. The fourth-order valence-electron chi connectivity index (χ4n) is 5.91. The van der Waals surface area contributed by atoms with Gasteiger partial charge in [0.05, 0.1) is 11.0 Å². The highest BCUT2D eigenvalue weighted by Gasteiger charge is 2.23. The van der Waals surface area contributed by atoms with Crippen molar-refractivity contribution in [3.8, 4) is 11.3 Å². The molecule has 1 aromatic heterocycles. The Balaban J connectivity index is 1.43. The molecule has 0 spiro atoms. The lowest BCUT2D eigenvalue weighted by Gasteiger charge is -2.39. The van der Waals surface area contributed by atoms with E-state index in [-0.39, 0.29) is 11.4 Å². The van der Waals surface area contributed by atoms with E-state index in [1.807, 2.05) is 65.2 Å². The van der Waals surface area contributed by atoms with Gasteiger partial charge in [0.15, 0.2) is 0 Å². The van der Waals surface area contributed by atoms with Gasteiger partial charge in [0, 0.05) is 41.1 Å². The predicted molar refractivity (Wildman–Crippen MR) is 166 cm³/mol. The van der Waals surface area contributed by atoms with Crippen molar-refractivity contribution in [2.45, 2.75) is 71.0 Å². The predicted octanol–water partition coefficient (Wildman–Crippen LogP) is 6.52. The minimum Gasteiger partial charge on any atom is -0.384 e. The number of fused-ring (bicyclic) bond motifs is 1. The molecule has 1 aliphatic rings. The third-order valence-electron chi connectivity index (χ3n) is 8.13. The van der Waals surface area contributed by atoms with Crippen LogP contribution in [0.4, 0.5) is 11.4 Å². The maximum Gasteiger partial charge on any atom is 0.277 e. The van der Waals surface area contributed by atoms with E-state index in [2.05, 4.69) is 24.1 Å². The number of piperidine rings is 1. The Hall–Kier alpha value is -3.97. The number of benzene rings is 3. The zero-order chi connectivity index (χ0) is 28.1. The van der Waals surface area contributed by atoms with Crippen LogP contribution in [0.15, 0.2) is 77.6 Å². The molecule has 1 fully saturated rings. The summed E-state index contributed by atoms with van der Waals surface area (Å²) >= 11 is 0. The monoisotopic (exact) mass is 536 g/mol. The topological polar surface area (TPSA) is 100 Å². The SMILES string of the molecule is C[C@@H]1CCC[C@H](C)N1CCCCCn1c(=O)c(-c2cccc(C(=N)N)c2)nc2ccc(Nc3ccccc3)cc21. The van der Waals surface area contributed by atoms with Crippen molar-refractivity contribution in [3.63, 3.8) is 0 Å². The number of nitrogen functional groups attached to an aromatic ring is 1. The van der Waals surface area contributed by atoms with Gasteiger partial charge in [-0.3, -0.25) is 15.1 Å². The van der Waals surface area contributed by atoms with E-state index in [1.54, 1.807) is 12.1 Å². The number of nitrogens with one attached hydrogen (secondary N) is 2. The number of nitrogens with two attached hydrogens (primary N) is 1. The highest BCUT2D eigenvalue weighted by Crippen LogP contribution is 2.25. The number of aryl methyl sites for hydroxylation is 1. The number of anilines is 2. The molecule has 40 heavy (non-hydrogen) atoms. The first-order chi connectivity index (χ1) is 19.4. The van der Waals surface area contributed by atoms with Gasteiger partial charge in [0.2, 0.25) is 0 Å². The van der Waals surface area contributed by atoms with Gasteiger partial charge in [-0.25, -0.2) is 4.98 Å². The van der Waals surface area contributed by atoms with Crippen molar-refractivity contribution in [3.05, 3.63) is 88.7 Å². The Morgan fingerprint density at radius 2 is 1.68 bits per heavy atom. The summed E-state index contributed by atoms with van der Waals surface area (Å²) in [6, 6.07) is 24.5. The number of amidine groups is 1. The van der Waals surface area contributed by atoms with E-state index in [1.165, 1.54) is 19.3 Å². The smallest absolute Gasteiger partial charge is 0.277 e. The van der Waals surface area contributed by atoms with E-state index in [9.17, 15) is 4.79 Å². The summed E-state index contributed by atoms with van der Waals surface area (Å²) in [5, 5.41) is 11.3. The van der Waals surface area contributed by atoms with E-state index >= 15 is 0 Å². The van der Waals surface area contributed by atoms with E-state index in [0.717, 1.165) is 48.2 Å². The second-order valence-corrected chi connectivity index (χ2v) is 11.0. The van der Waals surface area contributed by atoms with Crippen LogP contribution in [-0.4, -0.2) is 38.9 Å². The summed E-state index contributed by atoms with van der Waals surface area (Å²) in [4.78, 5) is 21.4. The van der Waals surface area contributed by atoms with E-state index < -0.39 is 0 Å². The van der Waals surface area contributed by atoms with Crippen molar-refractivity contribution in [2.24, 2.45) is 5.73 Å². The average Bonchev–Trinajstić information content (AvgIpc) is 2.95. The van der Waals surface area contributed by atoms with Gasteiger partial charge in [-0.15, -0.1) is 0 Å². The van der Waals surface area contributed by atoms with Crippen molar-refractivity contribution >= 4 is 28.2 Å². The van der Waals surface area contributed by atoms with Gasteiger partial charge in [-0.1, -0.05) is 49.2 Å². The molecule has 208 valence electrons. The fraction of sp³-hybridized carbons (Fsp3) is 0.364. The number of unbranched alkanes of at least 4 members (excludes halogenated alkanes) is 2. The quantitative estimate of drug-likeness (QED) is 0.122. The highest BCUT2D eigenvalue weighted by atomic mass is 16.1. The molecule has 0 unspecified atom stereocenters. The first-order valence-electron chi connectivity index (χ1n) is 14.5. The number of rotatable bonds is 10. The van der Waals surface area contributed by atoms with Crippen LogP contribution in [0.1, 0.15) is 57.9 Å². The van der Waals surface area contributed by atoms with Gasteiger partial charge < -0.3 is 15.6 Å². The Morgan fingerprint density at radius 1 is 0.925 bits per heavy atom. The third-order valence-corrected chi connectivity index (χ3v) is 8.13. The largest absolute Gasteiger partial charge is 0.384 e. The van der Waals surface area contributed by atoms with Crippen LogP contribution in [0.5, 0.6) is 0 Å². The van der Waals surface area contributed by atoms with Crippen molar-refractivity contribution in [1.82, 2.24) is 14.5 Å². The van der Waals surface area contributed by atoms with Gasteiger partial charge in [0.25, 0.3) is 5.56 Å². The number of hydrogen-bond donors (Lipinski definition) is 3. The Kier molecular flexibility index (Phi) is 8.60. The van der Waals surface area contributed by atoms with Crippen LogP contribution >= 0.6 is 0 Å². The zero-order valence-electron chi connectivity index (χ0n) is 23.6. The third kappa shape index (κ3) is 6.26. The fourth-order valence-corrected chi connectivity index (χ4v) is 5.91. The summed E-state index contributed by atoms with van der Waals surface area (Å²) < 4.78 is 1.88. The second kappa shape index (κ2) is 12.5. The number of hydrogen-bond acceptors (Lipinski definition) is 5. The molecule has 4 N–H and O–H groups in total. The molecule has 5 rings (SSSR count). The molecule has 2 heterocycles. The van der Waals surface area contributed by atoms with Crippen LogP contribution in [0.25, 0.3) is 22.3 Å². The van der Waals surface area contributed by atoms with Crippen LogP contribution in [0, 0.1) is 5.41 Å². The molecule has 0 bridgehead atoms. The lowest BCUT2D eigenvalue weighted by molar-refractivity contribution is 0.101. The second-order valence-electron chi connectivity index (χ2n) is 11.0. The van der Waals surface area contributed by atoms with Crippen molar-refractivity contribution in [2.75, 3.05) is 11.9 Å². The molecule has 1 saturated heterocycles. The van der Waals surface area contributed by atoms with Crippen molar-refractivity contribution in [1.29, 1.82) is 5.41 Å². The molecule has 7 nitrogen and oxygen atoms in total. The number of nitrogens with zero attached hydrogens (tertiary/aromatic N) is 3. The molecule has 0 aliphatic carbocycles. The standard InChI is InChI=1S/C33H40N6O/c1-23-11-9-12-24(2)38(23)19-7-4-8-20-39-30-22-28(36-27-15-5-3-6-16-27)17-18-29(30)37-31(33(39)40)25-13-10-14-26(21-25)32(34)35/h3,5-6,10,13-18,21-24,36H,4,7-9,11-12,19-20H2,1-2H3,(H3,34,35)/t23-,24+. The van der Waals surface area contributed by atoms with Crippen LogP contribution in [0.3, 0.4) is 0 Å². The van der Waals surface area contributed by atoms with Gasteiger partial charge in [-0.05, 0) is 82.5 Å². The number of aromatic nitrogens is 2. The Bertz CT molecular complexity index is 1520. The summed E-state index contributed by atoms with van der Waals surface area (Å²) in [7, 11) is 0. The van der Waals surface area contributed by atoms with Gasteiger partial charge in [-0.2, -0.15) is 0 Å². The van der Waals surface area contributed by atoms with E-state index in [0.29, 0.717) is 35.4 Å².